The molecule has 0 aliphatic carbocycles. The minimum absolute atomic E-state index is 0.0485. The zero-order chi connectivity index (χ0) is 13.4. The van der Waals surface area contributed by atoms with Gasteiger partial charge in [-0.25, -0.2) is 0 Å². The number of fused-ring (bicyclic) bond motifs is 1. The van der Waals surface area contributed by atoms with Crippen LogP contribution in [0.15, 0.2) is 24.3 Å². The molecular weight excluding hydrogens is 244 g/mol. The van der Waals surface area contributed by atoms with Gasteiger partial charge in [-0.3, -0.25) is 19.3 Å². The minimum Gasteiger partial charge on any atom is -0.353 e. The van der Waals surface area contributed by atoms with Gasteiger partial charge >= 0.3 is 0 Å². The molecule has 1 aromatic carbocycles. The fourth-order valence-electron chi connectivity index (χ4n) is 2.62. The number of amides is 3. The minimum atomic E-state index is -0.232. The van der Waals surface area contributed by atoms with E-state index in [0.717, 1.165) is 6.42 Å². The molecule has 2 heterocycles. The van der Waals surface area contributed by atoms with Crippen LogP contribution >= 0.6 is 0 Å². The van der Waals surface area contributed by atoms with Gasteiger partial charge in [0.2, 0.25) is 5.91 Å². The summed E-state index contributed by atoms with van der Waals surface area (Å²) in [4.78, 5) is 36.6. The maximum Gasteiger partial charge on any atom is 0.261 e. The lowest BCUT2D eigenvalue weighted by molar-refractivity contribution is -0.119. The van der Waals surface area contributed by atoms with E-state index < -0.39 is 0 Å². The van der Waals surface area contributed by atoms with Crippen molar-refractivity contribution in [1.82, 2.24) is 10.2 Å². The first-order chi connectivity index (χ1) is 9.16. The number of carbonyl (C=O) groups is 3. The molecule has 0 unspecified atom stereocenters. The predicted molar refractivity (Wildman–Crippen MR) is 67.6 cm³/mol. The summed E-state index contributed by atoms with van der Waals surface area (Å²) in [6.07, 6.45) is 1.94. The molecule has 3 amide bonds. The van der Waals surface area contributed by atoms with Gasteiger partial charge in [0.1, 0.15) is 0 Å². The first-order valence-corrected chi connectivity index (χ1v) is 6.41. The zero-order valence-corrected chi connectivity index (χ0v) is 10.4. The smallest absolute Gasteiger partial charge is 0.261 e. The van der Waals surface area contributed by atoms with E-state index in [9.17, 15) is 14.4 Å². The number of rotatable bonds is 3. The highest BCUT2D eigenvalue weighted by Crippen LogP contribution is 2.23. The summed E-state index contributed by atoms with van der Waals surface area (Å²) in [6.45, 7) is 0.358. The summed E-state index contributed by atoms with van der Waals surface area (Å²) in [5.41, 5.74) is 0.950. The van der Waals surface area contributed by atoms with E-state index >= 15 is 0 Å². The van der Waals surface area contributed by atoms with Crippen LogP contribution in [0.3, 0.4) is 0 Å². The van der Waals surface area contributed by atoms with Crippen LogP contribution in [-0.2, 0) is 4.79 Å². The van der Waals surface area contributed by atoms with Crippen LogP contribution < -0.4 is 5.32 Å². The molecule has 1 saturated heterocycles. The zero-order valence-electron chi connectivity index (χ0n) is 10.4. The van der Waals surface area contributed by atoms with E-state index in [1.165, 1.54) is 4.90 Å². The molecule has 1 atom stereocenters. The molecule has 1 aromatic rings. The molecule has 0 bridgehead atoms. The SMILES string of the molecule is O=C1CC[C@@H](CCN2C(=O)c3ccccc3C2=O)N1. The monoisotopic (exact) mass is 258 g/mol. The fraction of sp³-hybridized carbons (Fsp3) is 0.357. The van der Waals surface area contributed by atoms with Gasteiger partial charge < -0.3 is 5.32 Å². The standard InChI is InChI=1S/C14H14N2O3/c17-12-6-5-9(15-12)7-8-16-13(18)10-3-1-2-4-11(10)14(16)19/h1-4,9H,5-8H2,(H,15,17)/t9-/m0/s1. The Bertz CT molecular complexity index is 533. The Balaban J connectivity index is 1.69. The van der Waals surface area contributed by atoms with E-state index in [1.54, 1.807) is 24.3 Å². The molecule has 0 aromatic heterocycles. The van der Waals surface area contributed by atoms with Crippen LogP contribution in [0.25, 0.3) is 0 Å². The second-order valence-electron chi connectivity index (χ2n) is 4.90. The Morgan fingerprint density at radius 2 is 1.74 bits per heavy atom. The van der Waals surface area contributed by atoms with Crippen molar-refractivity contribution in [1.29, 1.82) is 0 Å². The third kappa shape index (κ3) is 2.01. The fourth-order valence-corrected chi connectivity index (χ4v) is 2.62. The summed E-state index contributed by atoms with van der Waals surface area (Å²) < 4.78 is 0. The molecule has 2 aliphatic rings. The molecule has 1 N–H and O–H groups in total. The number of hydrogen-bond acceptors (Lipinski definition) is 3. The second kappa shape index (κ2) is 4.50. The Hall–Kier alpha value is -2.17. The first-order valence-electron chi connectivity index (χ1n) is 6.41. The summed E-state index contributed by atoms with van der Waals surface area (Å²) in [6, 6.07) is 6.94. The van der Waals surface area contributed by atoms with E-state index in [0.29, 0.717) is 30.5 Å². The van der Waals surface area contributed by atoms with Crippen molar-refractivity contribution in [3.8, 4) is 0 Å². The average molecular weight is 258 g/mol. The first kappa shape index (κ1) is 11.9. The lowest BCUT2D eigenvalue weighted by Crippen LogP contribution is -2.35. The van der Waals surface area contributed by atoms with Crippen molar-refractivity contribution in [3.05, 3.63) is 35.4 Å². The Morgan fingerprint density at radius 1 is 1.11 bits per heavy atom. The van der Waals surface area contributed by atoms with Gasteiger partial charge in [0.25, 0.3) is 11.8 Å². The van der Waals surface area contributed by atoms with Gasteiger partial charge in [-0.1, -0.05) is 12.1 Å². The molecule has 5 nitrogen and oxygen atoms in total. The van der Waals surface area contributed by atoms with Gasteiger partial charge in [-0.05, 0) is 25.0 Å². The number of benzene rings is 1. The summed E-state index contributed by atoms with van der Waals surface area (Å²) in [5, 5.41) is 2.84. The van der Waals surface area contributed by atoms with Crippen molar-refractivity contribution in [3.63, 3.8) is 0 Å². The van der Waals surface area contributed by atoms with Gasteiger partial charge in [-0.15, -0.1) is 0 Å². The van der Waals surface area contributed by atoms with Crippen molar-refractivity contribution in [2.45, 2.75) is 25.3 Å². The molecule has 19 heavy (non-hydrogen) atoms. The largest absolute Gasteiger partial charge is 0.353 e. The van der Waals surface area contributed by atoms with Gasteiger partial charge in [0.05, 0.1) is 11.1 Å². The van der Waals surface area contributed by atoms with Crippen LogP contribution in [0.1, 0.15) is 40.0 Å². The lowest BCUT2D eigenvalue weighted by Gasteiger charge is -2.16. The number of nitrogens with one attached hydrogen (secondary N) is 1. The van der Waals surface area contributed by atoms with Crippen LogP contribution in [-0.4, -0.2) is 35.2 Å². The average Bonchev–Trinajstić information content (AvgIpc) is 2.93. The second-order valence-corrected chi connectivity index (χ2v) is 4.90. The topological polar surface area (TPSA) is 66.5 Å². The van der Waals surface area contributed by atoms with E-state index in [2.05, 4.69) is 5.32 Å². The number of imide groups is 1. The normalized spacial score (nSPS) is 21.8. The van der Waals surface area contributed by atoms with Gasteiger partial charge in [0.15, 0.2) is 0 Å². The van der Waals surface area contributed by atoms with Crippen LogP contribution in [0.4, 0.5) is 0 Å². The molecule has 2 aliphatic heterocycles. The van der Waals surface area contributed by atoms with E-state index in [4.69, 9.17) is 0 Å². The van der Waals surface area contributed by atoms with Gasteiger partial charge in [0, 0.05) is 19.0 Å². The Morgan fingerprint density at radius 3 is 2.26 bits per heavy atom. The third-order valence-electron chi connectivity index (χ3n) is 3.66. The lowest BCUT2D eigenvalue weighted by atomic mass is 10.1. The summed E-state index contributed by atoms with van der Waals surface area (Å²) >= 11 is 0. The molecular formula is C14H14N2O3. The van der Waals surface area contributed by atoms with Crippen molar-refractivity contribution in [2.24, 2.45) is 0 Å². The number of hydrogen-bond donors (Lipinski definition) is 1. The predicted octanol–water partition coefficient (Wildman–Crippen LogP) is 0.951. The van der Waals surface area contributed by atoms with Crippen LogP contribution in [0, 0.1) is 0 Å². The summed E-state index contributed by atoms with van der Waals surface area (Å²) in [5.74, 6) is -0.415. The molecule has 0 saturated carbocycles. The Kier molecular flexibility index (Phi) is 2.81. The highest BCUT2D eigenvalue weighted by atomic mass is 16.2. The van der Waals surface area contributed by atoms with Crippen molar-refractivity contribution >= 4 is 17.7 Å². The summed E-state index contributed by atoms with van der Waals surface area (Å²) in [7, 11) is 0. The van der Waals surface area contributed by atoms with Crippen molar-refractivity contribution < 1.29 is 14.4 Å². The van der Waals surface area contributed by atoms with Crippen molar-refractivity contribution in [2.75, 3.05) is 6.54 Å². The molecule has 5 heteroatoms. The highest BCUT2D eigenvalue weighted by molar-refractivity contribution is 6.21. The van der Waals surface area contributed by atoms with E-state index in [-0.39, 0.29) is 23.8 Å². The molecule has 0 spiro atoms. The maximum atomic E-state index is 12.1. The van der Waals surface area contributed by atoms with Crippen LogP contribution in [0.2, 0.25) is 0 Å². The molecule has 0 radical (unpaired) electrons. The van der Waals surface area contributed by atoms with Crippen LogP contribution in [0.5, 0.6) is 0 Å². The third-order valence-corrected chi connectivity index (χ3v) is 3.66. The molecule has 1 fully saturated rings. The van der Waals surface area contributed by atoms with E-state index in [1.807, 2.05) is 0 Å². The molecule has 98 valence electrons. The number of nitrogens with zero attached hydrogens (tertiary/aromatic N) is 1. The maximum absolute atomic E-state index is 12.1. The highest BCUT2D eigenvalue weighted by Gasteiger charge is 2.35. The Labute approximate surface area is 110 Å². The van der Waals surface area contributed by atoms with Gasteiger partial charge in [-0.2, -0.15) is 0 Å². The quantitative estimate of drug-likeness (QED) is 0.821. The molecule has 3 rings (SSSR count). The number of carbonyl (C=O) groups excluding carboxylic acids is 3.